The van der Waals surface area contributed by atoms with Crippen molar-refractivity contribution in [3.63, 3.8) is 0 Å². The zero-order valence-corrected chi connectivity index (χ0v) is 11.4. The Kier molecular flexibility index (Phi) is 4.53. The number of nitrogens with one attached hydrogen (secondary N) is 2. The Morgan fingerprint density at radius 1 is 1.42 bits per heavy atom. The highest BCUT2D eigenvalue weighted by Crippen LogP contribution is 2.47. The molecule has 0 heterocycles. The van der Waals surface area contributed by atoms with Crippen molar-refractivity contribution in [1.82, 2.24) is 10.6 Å². The van der Waals surface area contributed by atoms with Gasteiger partial charge in [-0.25, -0.2) is 4.39 Å². The van der Waals surface area contributed by atoms with Gasteiger partial charge in [0.15, 0.2) is 0 Å². The summed E-state index contributed by atoms with van der Waals surface area (Å²) in [5.41, 5.74) is 1.06. The molecule has 0 aliphatic heterocycles. The summed E-state index contributed by atoms with van der Waals surface area (Å²) in [4.78, 5) is 12.0. The van der Waals surface area contributed by atoms with Gasteiger partial charge < -0.3 is 10.6 Å². The van der Waals surface area contributed by atoms with Gasteiger partial charge in [-0.15, -0.1) is 0 Å². The van der Waals surface area contributed by atoms with Crippen molar-refractivity contribution in [3.05, 3.63) is 35.6 Å². The Morgan fingerprint density at radius 2 is 2.11 bits per heavy atom. The first-order chi connectivity index (χ1) is 9.11. The molecule has 1 amide bonds. The van der Waals surface area contributed by atoms with Crippen molar-refractivity contribution in [1.29, 1.82) is 0 Å². The number of likely N-dealkylation sites (N-methyl/N-ethyl adjacent to an activating group) is 1. The highest BCUT2D eigenvalue weighted by atomic mass is 19.1. The molecule has 2 rings (SSSR count). The molecular weight excluding hydrogens is 243 g/mol. The van der Waals surface area contributed by atoms with Gasteiger partial charge in [0.1, 0.15) is 5.82 Å². The predicted octanol–water partition coefficient (Wildman–Crippen LogP) is 2.04. The van der Waals surface area contributed by atoms with Gasteiger partial charge in [-0.1, -0.05) is 19.1 Å². The third kappa shape index (κ3) is 3.77. The quantitative estimate of drug-likeness (QED) is 0.825. The van der Waals surface area contributed by atoms with Crippen LogP contribution in [-0.2, 0) is 4.79 Å². The van der Waals surface area contributed by atoms with Gasteiger partial charge in [0.2, 0.25) is 5.91 Å². The largest absolute Gasteiger partial charge is 0.354 e. The molecule has 1 aromatic rings. The second-order valence-corrected chi connectivity index (χ2v) is 5.20. The van der Waals surface area contributed by atoms with Crippen molar-refractivity contribution < 1.29 is 9.18 Å². The van der Waals surface area contributed by atoms with Crippen LogP contribution in [0.1, 0.15) is 31.7 Å². The Balaban J connectivity index is 1.79. The van der Waals surface area contributed by atoms with E-state index in [1.807, 2.05) is 13.8 Å². The van der Waals surface area contributed by atoms with Crippen LogP contribution in [0.3, 0.4) is 0 Å². The molecule has 1 aliphatic rings. The smallest absolute Gasteiger partial charge is 0.223 e. The van der Waals surface area contributed by atoms with Crippen LogP contribution < -0.4 is 10.6 Å². The van der Waals surface area contributed by atoms with E-state index in [0.717, 1.165) is 18.5 Å². The van der Waals surface area contributed by atoms with E-state index >= 15 is 0 Å². The molecule has 1 aromatic carbocycles. The molecule has 104 valence electrons. The predicted molar refractivity (Wildman–Crippen MR) is 73.4 cm³/mol. The second kappa shape index (κ2) is 6.15. The van der Waals surface area contributed by atoms with Crippen LogP contribution in [-0.4, -0.2) is 25.0 Å². The lowest BCUT2D eigenvalue weighted by molar-refractivity contribution is -0.122. The van der Waals surface area contributed by atoms with Crippen molar-refractivity contribution in [2.24, 2.45) is 5.92 Å². The van der Waals surface area contributed by atoms with E-state index < -0.39 is 0 Å². The molecule has 2 unspecified atom stereocenters. The molecule has 0 aromatic heterocycles. The van der Waals surface area contributed by atoms with Gasteiger partial charge in [0.25, 0.3) is 0 Å². The van der Waals surface area contributed by atoms with Gasteiger partial charge in [0, 0.05) is 18.5 Å². The normalized spacial score (nSPS) is 22.9. The molecule has 19 heavy (non-hydrogen) atoms. The minimum atomic E-state index is -0.232. The fourth-order valence-corrected chi connectivity index (χ4v) is 2.37. The van der Waals surface area contributed by atoms with Gasteiger partial charge in [-0.2, -0.15) is 0 Å². The Hall–Kier alpha value is -1.42. The zero-order valence-electron chi connectivity index (χ0n) is 11.4. The van der Waals surface area contributed by atoms with E-state index in [-0.39, 0.29) is 29.6 Å². The molecule has 3 nitrogen and oxygen atoms in total. The van der Waals surface area contributed by atoms with Crippen LogP contribution in [0, 0.1) is 11.7 Å². The minimum Gasteiger partial charge on any atom is -0.354 e. The molecule has 1 aliphatic carbocycles. The molecule has 0 radical (unpaired) electrons. The maximum atomic E-state index is 12.8. The SMILES string of the molecule is CCN[C@H](C)CNC(=O)C1CC1c1ccc(F)cc1. The Bertz CT molecular complexity index is 432. The number of hydrogen-bond donors (Lipinski definition) is 2. The van der Waals surface area contributed by atoms with Crippen molar-refractivity contribution in [2.75, 3.05) is 13.1 Å². The first kappa shape index (κ1) is 14.0. The number of carbonyl (C=O) groups is 1. The average Bonchev–Trinajstić information content (AvgIpc) is 3.17. The molecule has 0 bridgehead atoms. The van der Waals surface area contributed by atoms with E-state index in [4.69, 9.17) is 0 Å². The summed E-state index contributed by atoms with van der Waals surface area (Å²) < 4.78 is 12.8. The van der Waals surface area contributed by atoms with Crippen LogP contribution in [0.4, 0.5) is 4.39 Å². The highest BCUT2D eigenvalue weighted by Gasteiger charge is 2.43. The summed E-state index contributed by atoms with van der Waals surface area (Å²) in [5, 5.41) is 6.22. The van der Waals surface area contributed by atoms with Crippen molar-refractivity contribution in [2.45, 2.75) is 32.2 Å². The Labute approximate surface area is 113 Å². The first-order valence-corrected chi connectivity index (χ1v) is 6.88. The van der Waals surface area contributed by atoms with E-state index in [9.17, 15) is 9.18 Å². The summed E-state index contributed by atoms with van der Waals surface area (Å²) in [6.45, 7) is 5.65. The summed E-state index contributed by atoms with van der Waals surface area (Å²) >= 11 is 0. The molecule has 3 atom stereocenters. The standard InChI is InChI=1S/C15H21FN2O/c1-3-17-10(2)9-18-15(19)14-8-13(14)11-4-6-12(16)7-5-11/h4-7,10,13-14,17H,3,8-9H2,1-2H3,(H,18,19)/t10-,13?,14?/m1/s1. The van der Waals surface area contributed by atoms with E-state index in [0.29, 0.717) is 6.54 Å². The van der Waals surface area contributed by atoms with E-state index in [1.54, 1.807) is 12.1 Å². The number of halogens is 1. The number of hydrogen-bond acceptors (Lipinski definition) is 2. The van der Waals surface area contributed by atoms with Gasteiger partial charge in [0.05, 0.1) is 0 Å². The maximum absolute atomic E-state index is 12.8. The van der Waals surface area contributed by atoms with Crippen LogP contribution in [0.5, 0.6) is 0 Å². The first-order valence-electron chi connectivity index (χ1n) is 6.88. The fraction of sp³-hybridized carbons (Fsp3) is 0.533. The van der Waals surface area contributed by atoms with Gasteiger partial charge >= 0.3 is 0 Å². The summed E-state index contributed by atoms with van der Waals surface area (Å²) in [7, 11) is 0. The lowest BCUT2D eigenvalue weighted by Gasteiger charge is -2.13. The molecule has 1 fully saturated rings. The number of rotatable bonds is 6. The van der Waals surface area contributed by atoms with Crippen molar-refractivity contribution in [3.8, 4) is 0 Å². The molecule has 0 saturated heterocycles. The second-order valence-electron chi connectivity index (χ2n) is 5.20. The molecular formula is C15H21FN2O. The average molecular weight is 264 g/mol. The lowest BCUT2D eigenvalue weighted by Crippen LogP contribution is -2.39. The molecule has 1 saturated carbocycles. The summed E-state index contributed by atoms with van der Waals surface area (Å²) in [5.74, 6) is 0.193. The van der Waals surface area contributed by atoms with Crippen molar-refractivity contribution >= 4 is 5.91 Å². The Morgan fingerprint density at radius 3 is 2.74 bits per heavy atom. The third-order valence-electron chi connectivity index (χ3n) is 3.56. The van der Waals surface area contributed by atoms with Crippen LogP contribution in [0.15, 0.2) is 24.3 Å². The maximum Gasteiger partial charge on any atom is 0.223 e. The van der Waals surface area contributed by atoms with Gasteiger partial charge in [-0.3, -0.25) is 4.79 Å². The topological polar surface area (TPSA) is 41.1 Å². The van der Waals surface area contributed by atoms with E-state index in [1.165, 1.54) is 12.1 Å². The van der Waals surface area contributed by atoms with Gasteiger partial charge in [-0.05, 0) is 43.5 Å². The fourth-order valence-electron chi connectivity index (χ4n) is 2.37. The lowest BCUT2D eigenvalue weighted by atomic mass is 10.1. The summed E-state index contributed by atoms with van der Waals surface area (Å²) in [6.07, 6.45) is 0.868. The van der Waals surface area contributed by atoms with Crippen LogP contribution in [0.25, 0.3) is 0 Å². The molecule has 0 spiro atoms. The van der Waals surface area contributed by atoms with Crippen LogP contribution in [0.2, 0.25) is 0 Å². The number of amides is 1. The minimum absolute atomic E-state index is 0.0549. The highest BCUT2D eigenvalue weighted by molar-refractivity contribution is 5.82. The number of benzene rings is 1. The number of carbonyl (C=O) groups excluding carboxylic acids is 1. The summed E-state index contributed by atoms with van der Waals surface area (Å²) in [6, 6.07) is 6.74. The molecule has 4 heteroatoms. The zero-order chi connectivity index (χ0) is 13.8. The van der Waals surface area contributed by atoms with E-state index in [2.05, 4.69) is 10.6 Å². The molecule has 2 N–H and O–H groups in total. The third-order valence-corrected chi connectivity index (χ3v) is 3.56. The van der Waals surface area contributed by atoms with Crippen LogP contribution >= 0.6 is 0 Å². The monoisotopic (exact) mass is 264 g/mol.